The minimum Gasteiger partial charge on any atom is -0.376 e. The van der Waals surface area contributed by atoms with E-state index in [-0.39, 0.29) is 0 Å². The molecule has 0 spiro atoms. The van der Waals surface area contributed by atoms with Crippen LogP contribution >= 0.6 is 0 Å². The molecule has 1 aromatic heterocycles. The van der Waals surface area contributed by atoms with Gasteiger partial charge in [0, 0.05) is 32.3 Å². The van der Waals surface area contributed by atoms with Gasteiger partial charge < -0.3 is 15.0 Å². The molecule has 118 valence electrons. The minimum atomic E-state index is 0.329. The van der Waals surface area contributed by atoms with Gasteiger partial charge in [-0.05, 0) is 32.1 Å². The van der Waals surface area contributed by atoms with E-state index in [0.717, 1.165) is 50.6 Å². The summed E-state index contributed by atoms with van der Waals surface area (Å²) >= 11 is 0. The third kappa shape index (κ3) is 4.30. The van der Waals surface area contributed by atoms with Crippen LogP contribution in [0.15, 0.2) is 6.33 Å². The first-order chi connectivity index (χ1) is 10.3. The van der Waals surface area contributed by atoms with Crippen molar-refractivity contribution in [2.75, 3.05) is 37.0 Å². The van der Waals surface area contributed by atoms with Crippen LogP contribution in [0.25, 0.3) is 0 Å². The molecular formula is C16H28N4O. The molecule has 0 radical (unpaired) electrons. The molecule has 5 heteroatoms. The maximum Gasteiger partial charge on any atom is 0.137 e. The molecule has 0 aromatic carbocycles. The highest BCUT2D eigenvalue weighted by atomic mass is 16.5. The molecular weight excluding hydrogens is 264 g/mol. The second kappa shape index (κ2) is 8.17. The monoisotopic (exact) mass is 292 g/mol. The molecule has 1 aliphatic rings. The third-order valence-electron chi connectivity index (χ3n) is 3.93. The number of nitrogens with one attached hydrogen (secondary N) is 1. The van der Waals surface area contributed by atoms with E-state index in [1.807, 2.05) is 0 Å². The molecule has 2 heterocycles. The largest absolute Gasteiger partial charge is 0.376 e. The Morgan fingerprint density at radius 2 is 2.19 bits per heavy atom. The Bertz CT molecular complexity index is 432. The molecule has 1 saturated heterocycles. The van der Waals surface area contributed by atoms with Gasteiger partial charge in [-0.25, -0.2) is 9.97 Å². The van der Waals surface area contributed by atoms with Crippen molar-refractivity contribution in [3.63, 3.8) is 0 Å². The molecule has 0 saturated carbocycles. The Kier molecular flexibility index (Phi) is 6.23. The maximum atomic E-state index is 5.84. The molecule has 1 aliphatic heterocycles. The molecule has 0 amide bonds. The van der Waals surface area contributed by atoms with Crippen LogP contribution in [0.2, 0.25) is 0 Å². The molecule has 0 aliphatic carbocycles. The van der Waals surface area contributed by atoms with Crippen LogP contribution in [0.3, 0.4) is 0 Å². The van der Waals surface area contributed by atoms with Crippen molar-refractivity contribution in [2.45, 2.75) is 52.1 Å². The quantitative estimate of drug-likeness (QED) is 0.837. The molecule has 1 atom stereocenters. The second-order valence-corrected chi connectivity index (χ2v) is 5.67. The number of anilines is 2. The van der Waals surface area contributed by atoms with E-state index in [1.54, 1.807) is 6.33 Å². The normalized spacial score (nSPS) is 18.5. The zero-order valence-corrected chi connectivity index (χ0v) is 13.6. The van der Waals surface area contributed by atoms with Gasteiger partial charge >= 0.3 is 0 Å². The fraction of sp³-hybridized carbons (Fsp3) is 0.750. The first-order valence-corrected chi connectivity index (χ1v) is 8.16. The van der Waals surface area contributed by atoms with Crippen molar-refractivity contribution in [3.05, 3.63) is 11.9 Å². The fourth-order valence-electron chi connectivity index (χ4n) is 2.80. The van der Waals surface area contributed by atoms with Gasteiger partial charge in [0.25, 0.3) is 0 Å². The molecule has 0 bridgehead atoms. The average molecular weight is 292 g/mol. The Labute approximate surface area is 128 Å². The van der Waals surface area contributed by atoms with E-state index in [0.29, 0.717) is 6.10 Å². The number of hydrogen-bond donors (Lipinski definition) is 1. The first-order valence-electron chi connectivity index (χ1n) is 8.16. The van der Waals surface area contributed by atoms with Crippen molar-refractivity contribution in [3.8, 4) is 0 Å². The van der Waals surface area contributed by atoms with E-state index >= 15 is 0 Å². The number of likely N-dealkylation sites (N-methyl/N-ethyl adjacent to an activating group) is 1. The summed E-state index contributed by atoms with van der Waals surface area (Å²) in [5, 5.41) is 3.40. The number of nitrogens with zero attached hydrogens (tertiary/aromatic N) is 3. The molecule has 1 unspecified atom stereocenters. The first kappa shape index (κ1) is 16.0. The topological polar surface area (TPSA) is 50.3 Å². The van der Waals surface area contributed by atoms with Crippen LogP contribution in [0, 0.1) is 0 Å². The van der Waals surface area contributed by atoms with E-state index in [4.69, 9.17) is 4.74 Å². The minimum absolute atomic E-state index is 0.329. The summed E-state index contributed by atoms with van der Waals surface area (Å²) < 4.78 is 5.84. The highest BCUT2D eigenvalue weighted by Crippen LogP contribution is 2.24. The van der Waals surface area contributed by atoms with Crippen LogP contribution in [-0.2, 0) is 11.2 Å². The predicted molar refractivity (Wildman–Crippen MR) is 87.1 cm³/mol. The summed E-state index contributed by atoms with van der Waals surface area (Å²) in [5.74, 6) is 2.00. The maximum absolute atomic E-state index is 5.84. The van der Waals surface area contributed by atoms with Gasteiger partial charge in [-0.3, -0.25) is 0 Å². The smallest absolute Gasteiger partial charge is 0.137 e. The molecule has 1 aromatic rings. The Hall–Kier alpha value is -1.36. The molecule has 5 nitrogen and oxygen atoms in total. The van der Waals surface area contributed by atoms with Crippen LogP contribution in [0.4, 0.5) is 11.6 Å². The highest BCUT2D eigenvalue weighted by Gasteiger charge is 2.19. The zero-order valence-electron chi connectivity index (χ0n) is 13.6. The fourth-order valence-corrected chi connectivity index (χ4v) is 2.80. The lowest BCUT2D eigenvalue weighted by atomic mass is 10.1. The number of rotatable bonds is 7. The SMILES string of the molecule is CCCNc1ncnc(N(C)CC2CCCCO2)c1CC. The highest BCUT2D eigenvalue weighted by molar-refractivity contribution is 5.58. The van der Waals surface area contributed by atoms with Gasteiger partial charge in [-0.15, -0.1) is 0 Å². The van der Waals surface area contributed by atoms with Gasteiger partial charge in [0.05, 0.1) is 6.10 Å². The number of aromatic nitrogens is 2. The summed E-state index contributed by atoms with van der Waals surface area (Å²) in [6, 6.07) is 0. The lowest BCUT2D eigenvalue weighted by molar-refractivity contribution is 0.0215. The molecule has 1 N–H and O–H groups in total. The van der Waals surface area contributed by atoms with Crippen molar-refractivity contribution >= 4 is 11.6 Å². The van der Waals surface area contributed by atoms with Crippen LogP contribution in [-0.4, -0.2) is 42.8 Å². The van der Waals surface area contributed by atoms with E-state index in [9.17, 15) is 0 Å². The van der Waals surface area contributed by atoms with E-state index in [1.165, 1.54) is 18.4 Å². The lowest BCUT2D eigenvalue weighted by Gasteiger charge is -2.29. The number of hydrogen-bond acceptors (Lipinski definition) is 5. The Morgan fingerprint density at radius 1 is 1.33 bits per heavy atom. The van der Waals surface area contributed by atoms with Crippen molar-refractivity contribution in [2.24, 2.45) is 0 Å². The lowest BCUT2D eigenvalue weighted by Crippen LogP contribution is -2.34. The summed E-state index contributed by atoms with van der Waals surface area (Å²) in [5.41, 5.74) is 1.20. The summed E-state index contributed by atoms with van der Waals surface area (Å²) in [4.78, 5) is 11.1. The zero-order chi connectivity index (χ0) is 15.1. The van der Waals surface area contributed by atoms with Gasteiger partial charge in [-0.2, -0.15) is 0 Å². The van der Waals surface area contributed by atoms with Crippen LogP contribution in [0.5, 0.6) is 0 Å². The third-order valence-corrected chi connectivity index (χ3v) is 3.93. The standard InChI is InChI=1S/C16H28N4O/c1-4-9-17-15-14(5-2)16(19-12-18-15)20(3)11-13-8-6-7-10-21-13/h12-13H,4-11H2,1-3H3,(H,17,18,19). The van der Waals surface area contributed by atoms with Crippen LogP contribution in [0.1, 0.15) is 45.1 Å². The number of ether oxygens (including phenoxy) is 1. The summed E-state index contributed by atoms with van der Waals surface area (Å²) in [7, 11) is 2.10. The Balaban J connectivity index is 2.09. The van der Waals surface area contributed by atoms with Gasteiger partial charge in [-0.1, -0.05) is 13.8 Å². The second-order valence-electron chi connectivity index (χ2n) is 5.67. The summed E-state index contributed by atoms with van der Waals surface area (Å²) in [6.45, 7) is 7.06. The van der Waals surface area contributed by atoms with E-state index in [2.05, 4.69) is 41.1 Å². The van der Waals surface area contributed by atoms with Crippen molar-refractivity contribution < 1.29 is 4.74 Å². The van der Waals surface area contributed by atoms with Gasteiger partial charge in [0.2, 0.25) is 0 Å². The van der Waals surface area contributed by atoms with Gasteiger partial charge in [0.15, 0.2) is 0 Å². The molecule has 1 fully saturated rings. The molecule has 21 heavy (non-hydrogen) atoms. The predicted octanol–water partition coefficient (Wildman–Crippen LogP) is 2.87. The average Bonchev–Trinajstić information content (AvgIpc) is 2.53. The van der Waals surface area contributed by atoms with Crippen molar-refractivity contribution in [1.29, 1.82) is 0 Å². The summed E-state index contributed by atoms with van der Waals surface area (Å²) in [6.07, 6.45) is 7.62. The van der Waals surface area contributed by atoms with Crippen LogP contribution < -0.4 is 10.2 Å². The molecule has 2 rings (SSSR count). The van der Waals surface area contributed by atoms with Gasteiger partial charge in [0.1, 0.15) is 18.0 Å². The van der Waals surface area contributed by atoms with Crippen molar-refractivity contribution in [1.82, 2.24) is 9.97 Å². The Morgan fingerprint density at radius 3 is 2.86 bits per heavy atom. The van der Waals surface area contributed by atoms with E-state index < -0.39 is 0 Å².